The molecule has 8 atom stereocenters. The Kier molecular flexibility index (Phi) is 22.5. The highest BCUT2D eigenvalue weighted by molar-refractivity contribution is 5.98. The van der Waals surface area contributed by atoms with Crippen molar-refractivity contribution in [3.63, 3.8) is 0 Å². The number of carbonyl (C=O) groups is 9. The maximum Gasteiger partial charge on any atom is 0.326 e. The molecular formula is C49H69N15O11. The lowest BCUT2D eigenvalue weighted by Crippen LogP contribution is -2.59. The number of guanidine groups is 1. The molecule has 0 saturated heterocycles. The minimum absolute atomic E-state index is 0.0197. The SMILES string of the molecule is CC[C@H](C)[C@H](N)C(=O)N[C@@H](CC(N)=O)C(=O)N[C@@H](Cc1cnc[nH]1)C(=O)N[C@@H](CCCN=C(N)N)C(=O)NCC(=O)N[C@@H](Cc1ccc(O)cc1)C(=O)N[C@@H](Cc1c[nH]c2ccccc12)C(=O)N[C@H](C(=O)O)C(C)C. The van der Waals surface area contributed by atoms with E-state index in [0.29, 0.717) is 23.2 Å². The number of carbonyl (C=O) groups excluding carboxylic acids is 8. The number of nitrogens with one attached hydrogen (secondary N) is 9. The van der Waals surface area contributed by atoms with E-state index in [9.17, 15) is 53.4 Å². The molecule has 8 amide bonds. The third-order valence-corrected chi connectivity index (χ3v) is 12.2. The Morgan fingerprint density at radius 2 is 1.31 bits per heavy atom. The van der Waals surface area contributed by atoms with Crippen molar-refractivity contribution in [2.75, 3.05) is 13.1 Å². The van der Waals surface area contributed by atoms with Crippen molar-refractivity contribution in [2.45, 2.75) is 115 Å². The van der Waals surface area contributed by atoms with Crippen molar-refractivity contribution in [3.05, 3.63) is 84.1 Å². The molecular weight excluding hydrogens is 975 g/mol. The molecule has 406 valence electrons. The largest absolute Gasteiger partial charge is 0.508 e. The number of carboxylic acids is 1. The van der Waals surface area contributed by atoms with Crippen molar-refractivity contribution in [1.29, 1.82) is 0 Å². The number of phenols is 1. The summed E-state index contributed by atoms with van der Waals surface area (Å²) in [4.78, 5) is 135. The number of aromatic hydroxyl groups is 1. The van der Waals surface area contributed by atoms with Gasteiger partial charge < -0.3 is 80.3 Å². The Morgan fingerprint density at radius 1 is 0.707 bits per heavy atom. The number of hydrogen-bond donors (Lipinski definition) is 15. The molecule has 0 radical (unpaired) electrons. The van der Waals surface area contributed by atoms with Gasteiger partial charge in [-0.15, -0.1) is 0 Å². The van der Waals surface area contributed by atoms with Gasteiger partial charge in [0, 0.05) is 54.8 Å². The summed E-state index contributed by atoms with van der Waals surface area (Å²) in [5.74, 6) is -9.44. The minimum Gasteiger partial charge on any atom is -0.508 e. The Bertz CT molecular complexity index is 2630. The van der Waals surface area contributed by atoms with Gasteiger partial charge in [0.25, 0.3) is 0 Å². The van der Waals surface area contributed by atoms with Crippen molar-refractivity contribution in [1.82, 2.24) is 52.2 Å². The Hall–Kier alpha value is -8.55. The first-order valence-corrected chi connectivity index (χ1v) is 24.3. The standard InChI is InChI=1S/C49H69N15O11/c1-5-26(4)40(51)47(73)63-37(20-38(50)66)45(71)62-36(19-29-22-54-24-58-29)44(70)60-33(11-8-16-55-49(52)53)42(68)57-23-39(67)59-34(17-27-12-14-30(65)15-13-27)43(69)61-35(46(72)64-41(25(2)3)48(74)75)18-28-21-56-32-10-7-6-9-31(28)32/h6-7,9-10,12-15,21-22,24-26,33-37,40-41,56,65H,5,8,11,16-20,23,51H2,1-4H3,(H2,50,66)(H,54,58)(H,57,68)(H,59,67)(H,60,70)(H,61,69)(H,62,71)(H,63,73)(H,64,72)(H,74,75)(H4,52,53,55)/t26-,33-,34-,35-,36-,37-,40-,41-/m0/s1. The first kappa shape index (κ1) is 59.0. The van der Waals surface area contributed by atoms with Gasteiger partial charge >= 0.3 is 5.97 Å². The molecule has 19 N–H and O–H groups in total. The summed E-state index contributed by atoms with van der Waals surface area (Å²) in [5.41, 5.74) is 24.7. The molecule has 0 unspecified atom stereocenters. The zero-order valence-electron chi connectivity index (χ0n) is 42.2. The summed E-state index contributed by atoms with van der Waals surface area (Å²) in [7, 11) is 0. The smallest absolute Gasteiger partial charge is 0.326 e. The van der Waals surface area contributed by atoms with Gasteiger partial charge in [-0.25, -0.2) is 9.78 Å². The molecule has 0 spiro atoms. The number of amides is 8. The van der Waals surface area contributed by atoms with E-state index in [-0.39, 0.29) is 56.3 Å². The van der Waals surface area contributed by atoms with Gasteiger partial charge in [0.2, 0.25) is 47.3 Å². The lowest BCUT2D eigenvalue weighted by atomic mass is 9.99. The number of primary amides is 1. The quantitative estimate of drug-likeness (QED) is 0.0148. The molecule has 0 aliphatic rings. The van der Waals surface area contributed by atoms with Crippen LogP contribution < -0.4 is 60.2 Å². The number of aliphatic carboxylic acids is 1. The number of H-pyrrole nitrogens is 2. The fraction of sp³-hybridized carbons (Fsp3) is 0.449. The van der Waals surface area contributed by atoms with Crippen LogP contribution in [-0.4, -0.2) is 140 Å². The third kappa shape index (κ3) is 18.8. The summed E-state index contributed by atoms with van der Waals surface area (Å²) in [6.45, 7) is 6.03. The highest BCUT2D eigenvalue weighted by Gasteiger charge is 2.34. The van der Waals surface area contributed by atoms with Crippen molar-refractivity contribution < 1.29 is 53.4 Å². The van der Waals surface area contributed by atoms with Crippen LogP contribution in [-0.2, 0) is 62.4 Å². The predicted octanol–water partition coefficient (Wildman–Crippen LogP) is -2.31. The fourth-order valence-electron chi connectivity index (χ4n) is 7.72. The summed E-state index contributed by atoms with van der Waals surface area (Å²) in [5, 5.41) is 38.4. The maximum atomic E-state index is 14.3. The molecule has 0 bridgehead atoms. The second kappa shape index (κ2) is 28.6. The van der Waals surface area contributed by atoms with Crippen LogP contribution in [0.5, 0.6) is 5.75 Å². The highest BCUT2D eigenvalue weighted by Crippen LogP contribution is 2.20. The maximum absolute atomic E-state index is 14.3. The zero-order valence-corrected chi connectivity index (χ0v) is 42.2. The number of hydrogen-bond acceptors (Lipinski definition) is 13. The van der Waals surface area contributed by atoms with E-state index in [4.69, 9.17) is 22.9 Å². The third-order valence-electron chi connectivity index (χ3n) is 12.2. The number of imidazole rings is 1. The van der Waals surface area contributed by atoms with Crippen LogP contribution in [0.3, 0.4) is 0 Å². The van der Waals surface area contributed by atoms with Crippen LogP contribution in [0, 0.1) is 11.8 Å². The number of carboxylic acid groups (broad SMARTS) is 1. The predicted molar refractivity (Wildman–Crippen MR) is 274 cm³/mol. The highest BCUT2D eigenvalue weighted by atomic mass is 16.4. The number of aromatic amines is 2. The molecule has 2 aromatic heterocycles. The molecule has 2 heterocycles. The van der Waals surface area contributed by atoms with Gasteiger partial charge in [-0.05, 0) is 54.0 Å². The van der Waals surface area contributed by atoms with Gasteiger partial charge in [0.15, 0.2) is 5.96 Å². The van der Waals surface area contributed by atoms with Gasteiger partial charge in [-0.2, -0.15) is 0 Å². The number of phenolic OH excluding ortho intramolecular Hbond substituents is 1. The second-order valence-electron chi connectivity index (χ2n) is 18.4. The number of benzene rings is 2. The Labute approximate surface area is 432 Å². The average molecular weight is 1040 g/mol. The number of para-hydroxylation sites is 1. The van der Waals surface area contributed by atoms with Gasteiger partial charge in [-0.1, -0.05) is 64.4 Å². The van der Waals surface area contributed by atoms with Gasteiger partial charge in [-0.3, -0.25) is 43.3 Å². The molecule has 0 aliphatic heterocycles. The van der Waals surface area contributed by atoms with E-state index in [2.05, 4.69) is 57.2 Å². The monoisotopic (exact) mass is 1040 g/mol. The Morgan fingerprint density at radius 3 is 1.91 bits per heavy atom. The normalized spacial score (nSPS) is 14.3. The average Bonchev–Trinajstić information content (AvgIpc) is 4.04. The number of rotatable bonds is 30. The topological polar surface area (TPSA) is 439 Å². The molecule has 0 saturated carbocycles. The first-order chi connectivity index (χ1) is 35.6. The molecule has 4 aromatic rings. The van der Waals surface area contributed by atoms with Crippen molar-refractivity contribution >= 4 is 70.1 Å². The van der Waals surface area contributed by atoms with Crippen molar-refractivity contribution in [2.24, 2.45) is 39.8 Å². The van der Waals surface area contributed by atoms with Crippen molar-refractivity contribution in [3.8, 4) is 5.75 Å². The molecule has 0 fully saturated rings. The van der Waals surface area contributed by atoms with Gasteiger partial charge in [0.1, 0.15) is 42.0 Å². The van der Waals surface area contributed by atoms with Crippen LogP contribution in [0.15, 0.2) is 72.2 Å². The van der Waals surface area contributed by atoms with E-state index >= 15 is 0 Å². The van der Waals surface area contributed by atoms with Crippen LogP contribution in [0.2, 0.25) is 0 Å². The number of aromatic nitrogens is 3. The molecule has 2 aromatic carbocycles. The number of nitrogens with zero attached hydrogens (tertiary/aromatic N) is 2. The second-order valence-corrected chi connectivity index (χ2v) is 18.4. The molecule has 26 heteroatoms. The van der Waals surface area contributed by atoms with Crippen LogP contribution in [0.4, 0.5) is 0 Å². The number of nitrogens with two attached hydrogens (primary N) is 4. The van der Waals surface area contributed by atoms with E-state index in [1.807, 2.05) is 25.1 Å². The number of aliphatic imine (C=N–C) groups is 1. The molecule has 0 aliphatic carbocycles. The van der Waals surface area contributed by atoms with Crippen LogP contribution >= 0.6 is 0 Å². The van der Waals surface area contributed by atoms with E-state index in [1.54, 1.807) is 33.0 Å². The van der Waals surface area contributed by atoms with Crippen LogP contribution in [0.25, 0.3) is 10.9 Å². The summed E-state index contributed by atoms with van der Waals surface area (Å²) >= 11 is 0. The summed E-state index contributed by atoms with van der Waals surface area (Å²) in [6, 6.07) is 3.43. The fourth-order valence-corrected chi connectivity index (χ4v) is 7.72. The lowest BCUT2D eigenvalue weighted by molar-refractivity contribution is -0.143. The summed E-state index contributed by atoms with van der Waals surface area (Å²) in [6.07, 6.45) is 3.76. The Balaban J connectivity index is 1.57. The minimum atomic E-state index is -1.55. The molecule has 4 rings (SSSR count). The van der Waals surface area contributed by atoms with E-state index in [0.717, 1.165) is 10.9 Å². The number of fused-ring (bicyclic) bond motifs is 1. The molecule has 75 heavy (non-hydrogen) atoms. The zero-order chi connectivity index (χ0) is 55.4. The van der Waals surface area contributed by atoms with E-state index < -0.39 is 114 Å². The summed E-state index contributed by atoms with van der Waals surface area (Å²) < 4.78 is 0. The lowest BCUT2D eigenvalue weighted by Gasteiger charge is -2.26. The van der Waals surface area contributed by atoms with Gasteiger partial charge in [0.05, 0.1) is 25.3 Å². The first-order valence-electron chi connectivity index (χ1n) is 24.3. The van der Waals surface area contributed by atoms with E-state index in [1.165, 1.54) is 36.8 Å². The van der Waals surface area contributed by atoms with Crippen LogP contribution in [0.1, 0.15) is 70.2 Å². The molecule has 26 nitrogen and oxygen atoms in total.